The SMILES string of the molecule is CC1(C)CC(=O)C2=C(C1)N(c1cccc(C(F)(F)F)c1)C(=O)CC2c1cccc2ccccc12. The average Bonchev–Trinajstić information content (AvgIpc) is 2.76. The largest absolute Gasteiger partial charge is 0.416 e. The van der Waals surface area contributed by atoms with Gasteiger partial charge in [-0.05, 0) is 46.4 Å². The monoisotopic (exact) mass is 463 g/mol. The first-order valence-corrected chi connectivity index (χ1v) is 11.3. The molecule has 0 bridgehead atoms. The quantitative estimate of drug-likeness (QED) is 0.409. The summed E-state index contributed by atoms with van der Waals surface area (Å²) in [5.74, 6) is -0.783. The minimum absolute atomic E-state index is 0.0231. The Morgan fingerprint density at radius 1 is 0.912 bits per heavy atom. The van der Waals surface area contributed by atoms with Crippen LogP contribution in [0.2, 0.25) is 0 Å². The van der Waals surface area contributed by atoms with Gasteiger partial charge >= 0.3 is 6.18 Å². The second kappa shape index (κ2) is 7.83. The molecule has 0 N–H and O–H groups in total. The molecule has 6 heteroatoms. The first-order valence-electron chi connectivity index (χ1n) is 11.3. The van der Waals surface area contributed by atoms with Crippen LogP contribution in [0.1, 0.15) is 50.2 Å². The van der Waals surface area contributed by atoms with E-state index in [2.05, 4.69) is 0 Å². The number of ketones is 1. The lowest BCUT2D eigenvalue weighted by Gasteiger charge is -2.43. The summed E-state index contributed by atoms with van der Waals surface area (Å²) >= 11 is 0. The van der Waals surface area contributed by atoms with E-state index in [-0.39, 0.29) is 23.8 Å². The Labute approximate surface area is 195 Å². The molecule has 0 fully saturated rings. The van der Waals surface area contributed by atoms with Gasteiger partial charge < -0.3 is 0 Å². The number of allylic oxidation sites excluding steroid dienone is 2. The number of benzene rings is 3. The number of amides is 1. The van der Waals surface area contributed by atoms with Crippen LogP contribution in [-0.4, -0.2) is 11.7 Å². The Bertz CT molecular complexity index is 1350. The van der Waals surface area contributed by atoms with E-state index in [1.165, 1.54) is 17.0 Å². The molecule has 5 rings (SSSR count). The van der Waals surface area contributed by atoms with Crippen molar-refractivity contribution >= 4 is 28.2 Å². The van der Waals surface area contributed by atoms with Crippen molar-refractivity contribution in [3.05, 3.63) is 89.1 Å². The average molecular weight is 463 g/mol. The summed E-state index contributed by atoms with van der Waals surface area (Å²) in [5.41, 5.74) is 0.890. The van der Waals surface area contributed by atoms with Gasteiger partial charge in [0, 0.05) is 35.7 Å². The molecule has 1 heterocycles. The molecule has 34 heavy (non-hydrogen) atoms. The van der Waals surface area contributed by atoms with Gasteiger partial charge in [-0.25, -0.2) is 0 Å². The van der Waals surface area contributed by atoms with Gasteiger partial charge in [0.1, 0.15) is 0 Å². The van der Waals surface area contributed by atoms with Crippen LogP contribution in [0.5, 0.6) is 0 Å². The molecule has 1 aliphatic carbocycles. The lowest BCUT2D eigenvalue weighted by atomic mass is 9.69. The summed E-state index contributed by atoms with van der Waals surface area (Å²) in [5, 5.41) is 1.98. The van der Waals surface area contributed by atoms with Crippen molar-refractivity contribution in [3.8, 4) is 0 Å². The normalized spacial score (nSPS) is 20.6. The van der Waals surface area contributed by atoms with Crippen molar-refractivity contribution in [2.45, 2.75) is 45.2 Å². The molecular weight excluding hydrogens is 439 g/mol. The van der Waals surface area contributed by atoms with Crippen LogP contribution in [0, 0.1) is 5.41 Å². The molecule has 0 aromatic heterocycles. The standard InChI is InChI=1S/C28H24F3NO2/c1-27(2)15-23-26(24(33)16-27)22(21-12-5-8-17-7-3-4-11-20(17)21)14-25(34)32(23)19-10-6-9-18(13-19)28(29,30)31/h3-13,22H,14-16H2,1-2H3. The molecule has 3 aromatic rings. The summed E-state index contributed by atoms with van der Waals surface area (Å²) in [7, 11) is 0. The third kappa shape index (κ3) is 3.81. The Kier molecular flexibility index (Phi) is 5.15. The van der Waals surface area contributed by atoms with Gasteiger partial charge in [0.05, 0.1) is 5.56 Å². The topological polar surface area (TPSA) is 37.4 Å². The number of alkyl halides is 3. The van der Waals surface area contributed by atoms with Gasteiger partial charge in [-0.1, -0.05) is 62.4 Å². The summed E-state index contributed by atoms with van der Waals surface area (Å²) in [6.45, 7) is 3.90. The Morgan fingerprint density at radius 2 is 1.62 bits per heavy atom. The van der Waals surface area contributed by atoms with Crippen molar-refractivity contribution in [1.82, 2.24) is 0 Å². The first-order chi connectivity index (χ1) is 16.0. The molecule has 0 saturated carbocycles. The van der Waals surface area contributed by atoms with E-state index in [4.69, 9.17) is 0 Å². The van der Waals surface area contributed by atoms with Crippen LogP contribution in [-0.2, 0) is 15.8 Å². The molecule has 1 amide bonds. The van der Waals surface area contributed by atoms with Gasteiger partial charge in [0.2, 0.25) is 5.91 Å². The maximum absolute atomic E-state index is 13.5. The number of rotatable bonds is 2. The second-order valence-electron chi connectivity index (χ2n) is 9.90. The molecule has 1 unspecified atom stereocenters. The Morgan fingerprint density at radius 3 is 2.38 bits per heavy atom. The van der Waals surface area contributed by atoms with E-state index in [9.17, 15) is 22.8 Å². The lowest BCUT2D eigenvalue weighted by Crippen LogP contribution is -2.43. The summed E-state index contributed by atoms with van der Waals surface area (Å²) < 4.78 is 40.2. The second-order valence-corrected chi connectivity index (χ2v) is 9.90. The predicted octanol–water partition coefficient (Wildman–Crippen LogP) is 7.02. The van der Waals surface area contributed by atoms with E-state index in [0.717, 1.165) is 28.5 Å². The van der Waals surface area contributed by atoms with Gasteiger partial charge in [0.15, 0.2) is 5.78 Å². The highest BCUT2D eigenvalue weighted by Crippen LogP contribution is 2.49. The van der Waals surface area contributed by atoms with Crippen molar-refractivity contribution in [2.75, 3.05) is 4.90 Å². The van der Waals surface area contributed by atoms with E-state index in [0.29, 0.717) is 24.1 Å². The first kappa shape index (κ1) is 22.4. The van der Waals surface area contributed by atoms with E-state index in [1.54, 1.807) is 0 Å². The lowest BCUT2D eigenvalue weighted by molar-refractivity contribution is -0.137. The minimum Gasteiger partial charge on any atom is -0.294 e. The number of halogens is 3. The van der Waals surface area contributed by atoms with Crippen LogP contribution in [0.3, 0.4) is 0 Å². The molecule has 0 spiro atoms. The minimum atomic E-state index is -4.53. The van der Waals surface area contributed by atoms with Crippen LogP contribution < -0.4 is 4.90 Å². The number of carbonyl (C=O) groups is 2. The molecular formula is C28H24F3NO2. The van der Waals surface area contributed by atoms with Crippen LogP contribution >= 0.6 is 0 Å². The van der Waals surface area contributed by atoms with Crippen molar-refractivity contribution < 1.29 is 22.8 Å². The van der Waals surface area contributed by atoms with Crippen LogP contribution in [0.15, 0.2) is 78.0 Å². The van der Waals surface area contributed by atoms with Crippen LogP contribution in [0.25, 0.3) is 10.8 Å². The van der Waals surface area contributed by atoms with Gasteiger partial charge in [-0.15, -0.1) is 0 Å². The van der Waals surface area contributed by atoms with Crippen molar-refractivity contribution in [1.29, 1.82) is 0 Å². The third-order valence-corrected chi connectivity index (χ3v) is 6.77. The number of fused-ring (bicyclic) bond motifs is 1. The Balaban J connectivity index is 1.72. The summed E-state index contributed by atoms with van der Waals surface area (Å²) in [6, 6.07) is 18.5. The number of Topliss-reactive ketones (excluding diaryl/α,β-unsaturated/α-hetero) is 1. The number of anilines is 1. The Hall–Kier alpha value is -3.41. The smallest absolute Gasteiger partial charge is 0.294 e. The molecule has 3 aromatic carbocycles. The number of hydrogen-bond donors (Lipinski definition) is 0. The van der Waals surface area contributed by atoms with E-state index in [1.807, 2.05) is 56.3 Å². The third-order valence-electron chi connectivity index (χ3n) is 6.77. The molecule has 3 nitrogen and oxygen atoms in total. The van der Waals surface area contributed by atoms with E-state index < -0.39 is 23.1 Å². The van der Waals surface area contributed by atoms with Crippen LogP contribution in [0.4, 0.5) is 18.9 Å². The van der Waals surface area contributed by atoms with Crippen molar-refractivity contribution in [3.63, 3.8) is 0 Å². The zero-order valence-electron chi connectivity index (χ0n) is 18.9. The zero-order valence-corrected chi connectivity index (χ0v) is 18.9. The molecule has 174 valence electrons. The highest BCUT2D eigenvalue weighted by Gasteiger charge is 2.45. The van der Waals surface area contributed by atoms with Gasteiger partial charge in [-0.3, -0.25) is 14.5 Å². The molecule has 1 aliphatic heterocycles. The number of hydrogen-bond acceptors (Lipinski definition) is 2. The maximum atomic E-state index is 13.5. The molecule has 0 radical (unpaired) electrons. The highest BCUT2D eigenvalue weighted by atomic mass is 19.4. The fraction of sp³-hybridized carbons (Fsp3) is 0.286. The molecule has 2 aliphatic rings. The van der Waals surface area contributed by atoms with Crippen molar-refractivity contribution in [2.24, 2.45) is 5.41 Å². The molecule has 1 atom stereocenters. The zero-order chi connectivity index (χ0) is 24.3. The maximum Gasteiger partial charge on any atom is 0.416 e. The summed E-state index contributed by atoms with van der Waals surface area (Å²) in [6.07, 6.45) is -3.75. The fourth-order valence-electron chi connectivity index (χ4n) is 5.36. The predicted molar refractivity (Wildman–Crippen MR) is 125 cm³/mol. The fourth-order valence-corrected chi connectivity index (χ4v) is 5.36. The summed E-state index contributed by atoms with van der Waals surface area (Å²) in [4.78, 5) is 28.4. The number of carbonyl (C=O) groups excluding carboxylic acids is 2. The molecule has 0 saturated heterocycles. The van der Waals surface area contributed by atoms with Gasteiger partial charge in [0.25, 0.3) is 0 Å². The number of nitrogens with zero attached hydrogens (tertiary/aromatic N) is 1. The van der Waals surface area contributed by atoms with E-state index >= 15 is 0 Å². The van der Waals surface area contributed by atoms with Gasteiger partial charge in [-0.2, -0.15) is 13.2 Å². The highest BCUT2D eigenvalue weighted by molar-refractivity contribution is 6.08.